The molecule has 0 aliphatic rings. The van der Waals surface area contributed by atoms with Gasteiger partial charge in [0.25, 0.3) is 0 Å². The second-order valence-corrected chi connectivity index (χ2v) is 5.18. The van der Waals surface area contributed by atoms with Gasteiger partial charge in [-0.1, -0.05) is 19.2 Å². The number of carbonyl (C=O) groups is 2. The average molecular weight is 362 g/mol. The first kappa shape index (κ1) is 19.0. The molecular formula is C19H13F3O4. The molecule has 4 nitrogen and oxygen atoms in total. The van der Waals surface area contributed by atoms with Crippen LogP contribution >= 0.6 is 0 Å². The molecule has 0 unspecified atom stereocenters. The Hall–Kier alpha value is -3.35. The molecule has 0 aromatic heterocycles. The summed E-state index contributed by atoms with van der Waals surface area (Å²) in [4.78, 5) is 22.5. The van der Waals surface area contributed by atoms with Gasteiger partial charge in [-0.3, -0.25) is 0 Å². The van der Waals surface area contributed by atoms with E-state index in [1.807, 2.05) is 0 Å². The van der Waals surface area contributed by atoms with Crippen molar-refractivity contribution in [3.63, 3.8) is 0 Å². The van der Waals surface area contributed by atoms with Crippen LogP contribution in [0.2, 0.25) is 0 Å². The summed E-state index contributed by atoms with van der Waals surface area (Å²) < 4.78 is 51.7. The highest BCUT2D eigenvalue weighted by atomic mass is 19.2. The molecule has 0 atom stereocenters. The summed E-state index contributed by atoms with van der Waals surface area (Å²) in [7, 11) is 0. The molecule has 0 N–H and O–H groups in total. The molecule has 0 bridgehead atoms. The van der Waals surface area contributed by atoms with Crippen LogP contribution in [0, 0.1) is 17.5 Å². The third-order valence-corrected chi connectivity index (χ3v) is 3.22. The third kappa shape index (κ3) is 4.00. The molecule has 7 heteroatoms. The second kappa shape index (κ2) is 7.69. The zero-order valence-electron chi connectivity index (χ0n) is 13.6. The first-order valence-electron chi connectivity index (χ1n) is 7.24. The number of halogens is 3. The molecule has 134 valence electrons. The van der Waals surface area contributed by atoms with Crippen molar-refractivity contribution in [2.75, 3.05) is 0 Å². The quantitative estimate of drug-likeness (QED) is 0.451. The smallest absolute Gasteiger partial charge is 0.338 e. The van der Waals surface area contributed by atoms with Crippen LogP contribution in [-0.2, 0) is 9.59 Å². The maximum absolute atomic E-state index is 14.3. The van der Waals surface area contributed by atoms with E-state index in [1.165, 1.54) is 13.0 Å². The Labute approximate surface area is 147 Å². The van der Waals surface area contributed by atoms with Crippen molar-refractivity contribution >= 4 is 11.9 Å². The zero-order valence-corrected chi connectivity index (χ0v) is 13.6. The fourth-order valence-corrected chi connectivity index (χ4v) is 1.92. The van der Waals surface area contributed by atoms with Gasteiger partial charge in [0, 0.05) is 17.2 Å². The van der Waals surface area contributed by atoms with Gasteiger partial charge in [0.05, 0.1) is 0 Å². The van der Waals surface area contributed by atoms with Crippen molar-refractivity contribution in [3.8, 4) is 22.6 Å². The van der Waals surface area contributed by atoms with E-state index in [0.29, 0.717) is 0 Å². The Balaban J connectivity index is 2.37. The highest BCUT2D eigenvalue weighted by Gasteiger charge is 2.19. The minimum Gasteiger partial charge on any atom is -0.420 e. The van der Waals surface area contributed by atoms with Crippen LogP contribution in [0.4, 0.5) is 13.2 Å². The van der Waals surface area contributed by atoms with Gasteiger partial charge in [-0.25, -0.2) is 18.4 Å². The van der Waals surface area contributed by atoms with Gasteiger partial charge < -0.3 is 9.47 Å². The van der Waals surface area contributed by atoms with Gasteiger partial charge in [0.15, 0.2) is 23.1 Å². The summed E-state index contributed by atoms with van der Waals surface area (Å²) in [5.41, 5.74) is -0.256. The molecule has 0 heterocycles. The van der Waals surface area contributed by atoms with Gasteiger partial charge in [-0.15, -0.1) is 0 Å². The summed E-state index contributed by atoms with van der Waals surface area (Å²) in [6.07, 6.45) is 0.855. The van der Waals surface area contributed by atoms with Crippen LogP contribution in [0.5, 0.6) is 11.5 Å². The molecule has 0 amide bonds. The van der Waals surface area contributed by atoms with E-state index in [-0.39, 0.29) is 22.4 Å². The van der Waals surface area contributed by atoms with E-state index in [2.05, 4.69) is 22.6 Å². The summed E-state index contributed by atoms with van der Waals surface area (Å²) in [6, 6.07) is 5.38. The Kier molecular flexibility index (Phi) is 5.61. The van der Waals surface area contributed by atoms with Crippen molar-refractivity contribution in [1.29, 1.82) is 0 Å². The van der Waals surface area contributed by atoms with Gasteiger partial charge in [-0.05, 0) is 36.8 Å². The Morgan fingerprint density at radius 3 is 2.23 bits per heavy atom. The van der Waals surface area contributed by atoms with Gasteiger partial charge >= 0.3 is 11.9 Å². The van der Waals surface area contributed by atoms with E-state index in [4.69, 9.17) is 0 Å². The topological polar surface area (TPSA) is 52.6 Å². The molecule has 0 aliphatic heterocycles. The van der Waals surface area contributed by atoms with Gasteiger partial charge in [0.1, 0.15) is 0 Å². The Morgan fingerprint density at radius 1 is 1.00 bits per heavy atom. The fraction of sp³-hybridized carbons (Fsp3) is 0.0526. The van der Waals surface area contributed by atoms with Crippen molar-refractivity contribution in [3.05, 3.63) is 72.6 Å². The summed E-state index contributed by atoms with van der Waals surface area (Å²) in [5.74, 6) is -6.45. The second-order valence-electron chi connectivity index (χ2n) is 5.18. The number of benzene rings is 2. The SMILES string of the molecule is C=CC(=O)Oc1ccc(-c2ccc(OC(=O)C(=C)C)c(F)c2F)cc1F. The first-order chi connectivity index (χ1) is 12.2. The lowest BCUT2D eigenvalue weighted by Gasteiger charge is -2.10. The maximum atomic E-state index is 14.3. The average Bonchev–Trinajstić information content (AvgIpc) is 2.60. The van der Waals surface area contributed by atoms with Crippen LogP contribution in [0.15, 0.2) is 55.1 Å². The first-order valence-corrected chi connectivity index (χ1v) is 7.24. The molecule has 2 rings (SSSR count). The number of esters is 2. The van der Waals surface area contributed by atoms with Crippen molar-refractivity contribution < 1.29 is 32.2 Å². The third-order valence-electron chi connectivity index (χ3n) is 3.22. The Morgan fingerprint density at radius 2 is 1.65 bits per heavy atom. The van der Waals surface area contributed by atoms with Crippen molar-refractivity contribution in [1.82, 2.24) is 0 Å². The number of hydrogen-bond donors (Lipinski definition) is 0. The fourth-order valence-electron chi connectivity index (χ4n) is 1.92. The van der Waals surface area contributed by atoms with Crippen LogP contribution in [0.25, 0.3) is 11.1 Å². The number of rotatable bonds is 5. The van der Waals surface area contributed by atoms with E-state index < -0.39 is 35.1 Å². The molecule has 0 fully saturated rings. The molecule has 2 aromatic rings. The lowest BCUT2D eigenvalue weighted by molar-refractivity contribution is -0.130. The van der Waals surface area contributed by atoms with Crippen LogP contribution in [0.1, 0.15) is 6.92 Å². The maximum Gasteiger partial charge on any atom is 0.338 e. The predicted octanol–water partition coefficient (Wildman–Crippen LogP) is 4.34. The van der Waals surface area contributed by atoms with Crippen LogP contribution in [-0.4, -0.2) is 11.9 Å². The van der Waals surface area contributed by atoms with Gasteiger partial charge in [-0.2, -0.15) is 4.39 Å². The highest BCUT2D eigenvalue weighted by molar-refractivity contribution is 5.89. The molecule has 0 saturated heterocycles. The van der Waals surface area contributed by atoms with Crippen LogP contribution < -0.4 is 9.47 Å². The van der Waals surface area contributed by atoms with Crippen molar-refractivity contribution in [2.24, 2.45) is 0 Å². The summed E-state index contributed by atoms with van der Waals surface area (Å²) in [5, 5.41) is 0. The Bertz CT molecular complexity index is 919. The van der Waals surface area contributed by atoms with Crippen molar-refractivity contribution in [2.45, 2.75) is 6.92 Å². The standard InChI is InChI=1S/C19H13F3O4/c1-4-16(23)25-14-7-5-11(9-13(14)20)12-6-8-15(18(22)17(12)21)26-19(24)10(2)3/h4-9H,1-2H2,3H3. The summed E-state index contributed by atoms with van der Waals surface area (Å²) >= 11 is 0. The van der Waals surface area contributed by atoms with E-state index in [0.717, 1.165) is 30.3 Å². The normalized spacial score (nSPS) is 10.2. The lowest BCUT2D eigenvalue weighted by Crippen LogP contribution is -2.10. The molecule has 0 spiro atoms. The predicted molar refractivity (Wildman–Crippen MR) is 88.0 cm³/mol. The molecule has 0 radical (unpaired) electrons. The van der Waals surface area contributed by atoms with Crippen LogP contribution in [0.3, 0.4) is 0 Å². The number of ether oxygens (including phenoxy) is 2. The summed E-state index contributed by atoms with van der Waals surface area (Å²) in [6.45, 7) is 7.88. The number of hydrogen-bond acceptors (Lipinski definition) is 4. The highest BCUT2D eigenvalue weighted by Crippen LogP contribution is 2.32. The molecule has 26 heavy (non-hydrogen) atoms. The lowest BCUT2D eigenvalue weighted by atomic mass is 10.0. The zero-order chi connectivity index (χ0) is 19.4. The molecule has 0 aliphatic carbocycles. The van der Waals surface area contributed by atoms with E-state index >= 15 is 0 Å². The van der Waals surface area contributed by atoms with E-state index in [1.54, 1.807) is 0 Å². The largest absolute Gasteiger partial charge is 0.420 e. The minimum atomic E-state index is -1.40. The molecular weight excluding hydrogens is 349 g/mol. The number of carbonyl (C=O) groups excluding carboxylic acids is 2. The molecule has 2 aromatic carbocycles. The molecule has 0 saturated carbocycles. The minimum absolute atomic E-state index is 0.00456. The monoisotopic (exact) mass is 362 g/mol. The van der Waals surface area contributed by atoms with Gasteiger partial charge in [0.2, 0.25) is 5.82 Å². The van der Waals surface area contributed by atoms with E-state index in [9.17, 15) is 22.8 Å².